The Morgan fingerprint density at radius 2 is 1.88 bits per heavy atom. The highest BCUT2D eigenvalue weighted by atomic mass is 16.6. The Labute approximate surface area is 138 Å². The van der Waals surface area contributed by atoms with Crippen molar-refractivity contribution < 1.29 is 9.72 Å². The summed E-state index contributed by atoms with van der Waals surface area (Å²) in [6, 6.07) is 16.1. The van der Waals surface area contributed by atoms with Crippen LogP contribution < -0.4 is 5.32 Å². The van der Waals surface area contributed by atoms with E-state index in [2.05, 4.69) is 16.0 Å². The number of hydrogen-bond donors (Lipinski definition) is 1. The third-order valence-corrected chi connectivity index (χ3v) is 3.98. The molecule has 0 radical (unpaired) electrons. The van der Waals surface area contributed by atoms with E-state index in [1.807, 2.05) is 31.2 Å². The van der Waals surface area contributed by atoms with Crippen LogP contribution >= 0.6 is 0 Å². The second kappa shape index (κ2) is 6.54. The number of aryl methyl sites for hydroxylation is 1. The maximum absolute atomic E-state index is 12.2. The number of hydrogen-bond acceptors (Lipinski definition) is 3. The number of nitrogens with one attached hydrogen (secondary N) is 1. The number of fused-ring (bicyclic) bond motifs is 1. The van der Waals surface area contributed by atoms with Gasteiger partial charge in [0.2, 0.25) is 0 Å². The van der Waals surface area contributed by atoms with Crippen molar-refractivity contribution in [3.05, 3.63) is 76.0 Å². The molecule has 0 atom stereocenters. The molecule has 3 rings (SSSR count). The number of carbonyl (C=O) groups is 1. The average Bonchev–Trinajstić information content (AvgIpc) is 2.90. The number of nitro benzene ring substituents is 1. The van der Waals surface area contributed by atoms with Crippen LogP contribution in [0, 0.1) is 17.0 Å². The van der Waals surface area contributed by atoms with E-state index in [0.717, 1.165) is 16.6 Å². The third kappa shape index (κ3) is 2.99. The first-order valence-corrected chi connectivity index (χ1v) is 7.64. The molecule has 0 spiro atoms. The van der Waals surface area contributed by atoms with Gasteiger partial charge in [-0.05, 0) is 30.5 Å². The quantitative estimate of drug-likeness (QED) is 0.578. The highest BCUT2D eigenvalue weighted by Crippen LogP contribution is 2.19. The lowest BCUT2D eigenvalue weighted by Gasteiger charge is -2.10. The summed E-state index contributed by atoms with van der Waals surface area (Å²) in [7, 11) is 0. The lowest BCUT2D eigenvalue weighted by molar-refractivity contribution is -0.385. The number of nitrogens with zero attached hydrogens (tertiary/aromatic N) is 2. The zero-order valence-corrected chi connectivity index (χ0v) is 13.2. The molecule has 1 aromatic heterocycles. The van der Waals surface area contributed by atoms with Gasteiger partial charge in [0.05, 0.1) is 4.92 Å². The van der Waals surface area contributed by atoms with E-state index in [1.165, 1.54) is 12.1 Å². The van der Waals surface area contributed by atoms with E-state index >= 15 is 0 Å². The van der Waals surface area contributed by atoms with Gasteiger partial charge in [0.15, 0.2) is 0 Å². The lowest BCUT2D eigenvalue weighted by Crippen LogP contribution is -2.28. The Morgan fingerprint density at radius 3 is 2.67 bits per heavy atom. The van der Waals surface area contributed by atoms with E-state index in [0.29, 0.717) is 13.1 Å². The molecular weight excluding hydrogens is 306 g/mol. The van der Waals surface area contributed by atoms with Crippen molar-refractivity contribution >= 4 is 22.5 Å². The van der Waals surface area contributed by atoms with Gasteiger partial charge in [-0.2, -0.15) is 0 Å². The fourth-order valence-corrected chi connectivity index (χ4v) is 2.85. The second-order valence-electron chi connectivity index (χ2n) is 5.53. The summed E-state index contributed by atoms with van der Waals surface area (Å²) in [6.45, 7) is 3.01. The van der Waals surface area contributed by atoms with Crippen LogP contribution in [0.15, 0.2) is 54.6 Å². The molecule has 24 heavy (non-hydrogen) atoms. The molecule has 122 valence electrons. The molecule has 3 aromatic rings. The van der Waals surface area contributed by atoms with Crippen LogP contribution in [-0.4, -0.2) is 21.9 Å². The zero-order valence-electron chi connectivity index (χ0n) is 13.2. The lowest BCUT2D eigenvalue weighted by atomic mass is 10.1. The standard InChI is InChI=1S/C18H17N3O3/c1-13-12-14-6-2-4-8-16(14)20(13)11-10-19-18(22)15-7-3-5-9-17(15)21(23)24/h2-9,12H,10-11H2,1H3,(H,19,22). The second-order valence-corrected chi connectivity index (χ2v) is 5.53. The normalized spacial score (nSPS) is 10.7. The van der Waals surface area contributed by atoms with Crippen molar-refractivity contribution in [2.24, 2.45) is 0 Å². The molecule has 0 bridgehead atoms. The van der Waals surface area contributed by atoms with Gasteiger partial charge in [0, 0.05) is 30.4 Å². The summed E-state index contributed by atoms with van der Waals surface area (Å²) in [5, 5.41) is 14.9. The van der Waals surface area contributed by atoms with Crippen LogP contribution in [0.2, 0.25) is 0 Å². The Morgan fingerprint density at radius 1 is 1.17 bits per heavy atom. The van der Waals surface area contributed by atoms with Crippen LogP contribution in [-0.2, 0) is 6.54 Å². The molecule has 6 nitrogen and oxygen atoms in total. The Hall–Kier alpha value is -3.15. The molecule has 1 N–H and O–H groups in total. The van der Waals surface area contributed by atoms with E-state index in [-0.39, 0.29) is 11.3 Å². The average molecular weight is 323 g/mol. The molecule has 0 saturated carbocycles. The number of aromatic nitrogens is 1. The van der Waals surface area contributed by atoms with E-state index in [1.54, 1.807) is 12.1 Å². The van der Waals surface area contributed by atoms with Crippen LogP contribution in [0.5, 0.6) is 0 Å². The highest BCUT2D eigenvalue weighted by Gasteiger charge is 2.18. The largest absolute Gasteiger partial charge is 0.350 e. The van der Waals surface area contributed by atoms with E-state index in [4.69, 9.17) is 0 Å². The summed E-state index contributed by atoms with van der Waals surface area (Å²) in [6.07, 6.45) is 0. The molecule has 0 fully saturated rings. The Kier molecular flexibility index (Phi) is 4.29. The Balaban J connectivity index is 1.71. The van der Waals surface area contributed by atoms with Crippen molar-refractivity contribution in [3.8, 4) is 0 Å². The molecule has 0 saturated heterocycles. The minimum Gasteiger partial charge on any atom is -0.350 e. The van der Waals surface area contributed by atoms with Gasteiger partial charge < -0.3 is 9.88 Å². The topological polar surface area (TPSA) is 77.2 Å². The number of carbonyl (C=O) groups excluding carboxylic acids is 1. The summed E-state index contributed by atoms with van der Waals surface area (Å²) in [5.74, 6) is -0.434. The fraction of sp³-hybridized carbons (Fsp3) is 0.167. The summed E-state index contributed by atoms with van der Waals surface area (Å²) < 4.78 is 2.12. The van der Waals surface area contributed by atoms with Crippen LogP contribution in [0.1, 0.15) is 16.1 Å². The zero-order chi connectivity index (χ0) is 17.1. The van der Waals surface area contributed by atoms with Gasteiger partial charge in [-0.15, -0.1) is 0 Å². The highest BCUT2D eigenvalue weighted by molar-refractivity contribution is 5.98. The monoisotopic (exact) mass is 323 g/mol. The third-order valence-electron chi connectivity index (χ3n) is 3.98. The van der Waals surface area contributed by atoms with Crippen LogP contribution in [0.3, 0.4) is 0 Å². The number of benzene rings is 2. The fourth-order valence-electron chi connectivity index (χ4n) is 2.85. The summed E-state index contributed by atoms with van der Waals surface area (Å²) in [4.78, 5) is 22.7. The molecule has 1 heterocycles. The van der Waals surface area contributed by atoms with Gasteiger partial charge in [-0.3, -0.25) is 14.9 Å². The minimum absolute atomic E-state index is 0.0802. The summed E-state index contributed by atoms with van der Waals surface area (Å²) in [5.41, 5.74) is 2.11. The van der Waals surface area contributed by atoms with Crippen molar-refractivity contribution in [1.82, 2.24) is 9.88 Å². The number of nitro groups is 1. The first-order valence-electron chi connectivity index (χ1n) is 7.64. The molecular formula is C18H17N3O3. The molecule has 0 aliphatic rings. The molecule has 6 heteroatoms. The van der Waals surface area contributed by atoms with Crippen molar-refractivity contribution in [2.45, 2.75) is 13.5 Å². The van der Waals surface area contributed by atoms with E-state index < -0.39 is 10.8 Å². The first-order chi connectivity index (χ1) is 11.6. The van der Waals surface area contributed by atoms with Gasteiger partial charge in [0.25, 0.3) is 11.6 Å². The number of amides is 1. The number of para-hydroxylation sites is 2. The van der Waals surface area contributed by atoms with Crippen molar-refractivity contribution in [2.75, 3.05) is 6.54 Å². The van der Waals surface area contributed by atoms with Gasteiger partial charge in [0.1, 0.15) is 5.56 Å². The van der Waals surface area contributed by atoms with Gasteiger partial charge >= 0.3 is 0 Å². The van der Waals surface area contributed by atoms with Crippen LogP contribution in [0.25, 0.3) is 10.9 Å². The van der Waals surface area contributed by atoms with E-state index in [9.17, 15) is 14.9 Å². The molecule has 0 aliphatic heterocycles. The molecule has 0 unspecified atom stereocenters. The van der Waals surface area contributed by atoms with Crippen molar-refractivity contribution in [3.63, 3.8) is 0 Å². The smallest absolute Gasteiger partial charge is 0.282 e. The van der Waals surface area contributed by atoms with Gasteiger partial charge in [-0.25, -0.2) is 0 Å². The molecule has 0 aliphatic carbocycles. The van der Waals surface area contributed by atoms with Crippen LogP contribution in [0.4, 0.5) is 5.69 Å². The van der Waals surface area contributed by atoms with Gasteiger partial charge in [-0.1, -0.05) is 30.3 Å². The number of rotatable bonds is 5. The predicted octanol–water partition coefficient (Wildman–Crippen LogP) is 3.29. The minimum atomic E-state index is -0.543. The maximum Gasteiger partial charge on any atom is 0.282 e. The Bertz CT molecular complexity index is 915. The molecule has 2 aromatic carbocycles. The van der Waals surface area contributed by atoms with Crippen molar-refractivity contribution in [1.29, 1.82) is 0 Å². The maximum atomic E-state index is 12.2. The molecule has 1 amide bonds. The summed E-state index contributed by atoms with van der Waals surface area (Å²) >= 11 is 0. The predicted molar refractivity (Wildman–Crippen MR) is 92.1 cm³/mol. The SMILES string of the molecule is Cc1cc2ccccc2n1CCNC(=O)c1ccccc1[N+](=O)[O-]. The first kappa shape index (κ1) is 15.7.